The predicted molar refractivity (Wildman–Crippen MR) is 65.7 cm³/mol. The molecule has 0 radical (unpaired) electrons. The van der Waals surface area contributed by atoms with Crippen LogP contribution in [-0.2, 0) is 5.75 Å². The molecular formula is C12H9FOS2. The van der Waals surface area contributed by atoms with Crippen molar-refractivity contribution in [2.75, 3.05) is 0 Å². The van der Waals surface area contributed by atoms with Crippen LogP contribution in [0.1, 0.15) is 14.5 Å². The monoisotopic (exact) mass is 252 g/mol. The molecule has 1 aromatic carbocycles. The first-order valence-electron chi connectivity index (χ1n) is 4.70. The van der Waals surface area contributed by atoms with Crippen molar-refractivity contribution in [2.24, 2.45) is 0 Å². The fourth-order valence-electron chi connectivity index (χ4n) is 1.22. The van der Waals surface area contributed by atoms with Gasteiger partial charge in [0.15, 0.2) is 6.29 Å². The molecule has 2 rings (SSSR count). The van der Waals surface area contributed by atoms with Gasteiger partial charge in [-0.25, -0.2) is 4.39 Å². The molecule has 0 bridgehead atoms. The Kier molecular flexibility index (Phi) is 3.74. The van der Waals surface area contributed by atoms with E-state index in [-0.39, 0.29) is 5.82 Å². The number of thioether (sulfide) groups is 1. The van der Waals surface area contributed by atoms with Crippen molar-refractivity contribution in [1.29, 1.82) is 0 Å². The van der Waals surface area contributed by atoms with Gasteiger partial charge in [-0.15, -0.1) is 23.1 Å². The summed E-state index contributed by atoms with van der Waals surface area (Å²) in [6.45, 7) is 0. The van der Waals surface area contributed by atoms with E-state index in [1.54, 1.807) is 23.9 Å². The minimum atomic E-state index is -0.219. The van der Waals surface area contributed by atoms with Gasteiger partial charge in [-0.1, -0.05) is 0 Å². The lowest BCUT2D eigenvalue weighted by Gasteiger charge is -1.98. The number of carbonyl (C=O) groups is 1. The molecular weight excluding hydrogens is 243 g/mol. The molecule has 0 atom stereocenters. The molecule has 0 amide bonds. The molecule has 0 aliphatic heterocycles. The zero-order chi connectivity index (χ0) is 11.4. The van der Waals surface area contributed by atoms with Gasteiger partial charge in [-0.2, -0.15) is 0 Å². The van der Waals surface area contributed by atoms with Crippen LogP contribution in [0.15, 0.2) is 41.3 Å². The highest BCUT2D eigenvalue weighted by atomic mass is 32.2. The Morgan fingerprint density at radius 1 is 1.19 bits per heavy atom. The van der Waals surface area contributed by atoms with Gasteiger partial charge < -0.3 is 0 Å². The van der Waals surface area contributed by atoms with Crippen molar-refractivity contribution in [2.45, 2.75) is 10.6 Å². The van der Waals surface area contributed by atoms with Gasteiger partial charge in [0.1, 0.15) is 5.82 Å². The molecule has 1 aromatic heterocycles. The number of thiophene rings is 1. The smallest absolute Gasteiger partial charge is 0.160 e. The maximum atomic E-state index is 12.7. The van der Waals surface area contributed by atoms with Crippen LogP contribution in [0, 0.1) is 5.82 Å². The number of benzene rings is 1. The molecule has 0 aliphatic carbocycles. The van der Waals surface area contributed by atoms with Crippen molar-refractivity contribution in [3.8, 4) is 0 Å². The van der Waals surface area contributed by atoms with Crippen molar-refractivity contribution in [3.63, 3.8) is 0 Å². The standard InChI is InChI=1S/C12H9FOS2/c13-9-1-3-10(4-2-9)15-8-12-6-5-11(7-14)16-12/h1-7H,8H2. The van der Waals surface area contributed by atoms with Crippen LogP contribution in [-0.4, -0.2) is 6.29 Å². The molecule has 16 heavy (non-hydrogen) atoms. The van der Waals surface area contributed by atoms with Gasteiger partial charge in [-0.3, -0.25) is 4.79 Å². The summed E-state index contributed by atoms with van der Waals surface area (Å²) in [5.74, 6) is 0.591. The Labute approximate surface area is 101 Å². The number of hydrogen-bond acceptors (Lipinski definition) is 3. The molecule has 1 heterocycles. The summed E-state index contributed by atoms with van der Waals surface area (Å²) in [7, 11) is 0. The van der Waals surface area contributed by atoms with E-state index in [2.05, 4.69) is 0 Å². The maximum Gasteiger partial charge on any atom is 0.160 e. The van der Waals surface area contributed by atoms with Crippen LogP contribution in [0.4, 0.5) is 4.39 Å². The average molecular weight is 252 g/mol. The normalized spacial score (nSPS) is 10.3. The largest absolute Gasteiger partial charge is 0.297 e. The first-order valence-corrected chi connectivity index (χ1v) is 6.50. The Bertz CT molecular complexity index is 476. The van der Waals surface area contributed by atoms with Crippen LogP contribution >= 0.6 is 23.1 Å². The van der Waals surface area contributed by atoms with Gasteiger partial charge in [0.2, 0.25) is 0 Å². The van der Waals surface area contributed by atoms with Gasteiger partial charge in [0, 0.05) is 15.5 Å². The third-order valence-corrected chi connectivity index (χ3v) is 4.25. The summed E-state index contributed by atoms with van der Waals surface area (Å²) < 4.78 is 12.7. The van der Waals surface area contributed by atoms with E-state index in [4.69, 9.17) is 0 Å². The van der Waals surface area contributed by atoms with E-state index >= 15 is 0 Å². The molecule has 0 saturated heterocycles. The Morgan fingerprint density at radius 2 is 1.94 bits per heavy atom. The molecule has 0 spiro atoms. The van der Waals surface area contributed by atoms with Crippen molar-refractivity contribution in [1.82, 2.24) is 0 Å². The summed E-state index contributed by atoms with van der Waals surface area (Å²) in [6, 6.07) is 10.2. The van der Waals surface area contributed by atoms with Crippen LogP contribution in [0.3, 0.4) is 0 Å². The lowest BCUT2D eigenvalue weighted by molar-refractivity contribution is 0.112. The van der Waals surface area contributed by atoms with E-state index < -0.39 is 0 Å². The SMILES string of the molecule is O=Cc1ccc(CSc2ccc(F)cc2)s1. The molecule has 0 fully saturated rings. The first-order chi connectivity index (χ1) is 7.78. The highest BCUT2D eigenvalue weighted by Crippen LogP contribution is 2.26. The van der Waals surface area contributed by atoms with E-state index in [0.717, 1.165) is 26.7 Å². The third kappa shape index (κ3) is 2.93. The topological polar surface area (TPSA) is 17.1 Å². The Hall–Kier alpha value is -1.13. The highest BCUT2D eigenvalue weighted by molar-refractivity contribution is 7.98. The summed E-state index contributed by atoms with van der Waals surface area (Å²) >= 11 is 3.13. The summed E-state index contributed by atoms with van der Waals surface area (Å²) in [5, 5.41) is 0. The lowest BCUT2D eigenvalue weighted by Crippen LogP contribution is -1.76. The maximum absolute atomic E-state index is 12.7. The quantitative estimate of drug-likeness (QED) is 0.604. The summed E-state index contributed by atoms with van der Waals surface area (Å²) in [6.07, 6.45) is 0.858. The second-order valence-corrected chi connectivity index (χ2v) is 5.41. The van der Waals surface area contributed by atoms with Gasteiger partial charge in [0.25, 0.3) is 0 Å². The Balaban J connectivity index is 1.96. The highest BCUT2D eigenvalue weighted by Gasteiger charge is 2.00. The molecule has 0 saturated carbocycles. The van der Waals surface area contributed by atoms with Crippen molar-refractivity contribution >= 4 is 29.4 Å². The summed E-state index contributed by atoms with van der Waals surface area (Å²) in [5.41, 5.74) is 0. The number of carbonyl (C=O) groups excluding carboxylic acids is 1. The second-order valence-electron chi connectivity index (χ2n) is 3.16. The number of halogens is 1. The minimum absolute atomic E-state index is 0.219. The average Bonchev–Trinajstić information content (AvgIpc) is 2.76. The fourth-order valence-corrected chi connectivity index (χ4v) is 2.99. The summed E-state index contributed by atoms with van der Waals surface area (Å²) in [4.78, 5) is 13.4. The number of rotatable bonds is 4. The van der Waals surface area contributed by atoms with Crippen LogP contribution in [0.25, 0.3) is 0 Å². The third-order valence-electron chi connectivity index (χ3n) is 1.99. The fraction of sp³-hybridized carbons (Fsp3) is 0.0833. The number of hydrogen-bond donors (Lipinski definition) is 0. The van der Waals surface area contributed by atoms with E-state index in [9.17, 15) is 9.18 Å². The second kappa shape index (κ2) is 5.27. The van der Waals surface area contributed by atoms with Crippen LogP contribution < -0.4 is 0 Å². The molecule has 2 aromatic rings. The predicted octanol–water partition coefficient (Wildman–Crippen LogP) is 3.99. The lowest BCUT2D eigenvalue weighted by atomic mass is 10.4. The molecule has 82 valence electrons. The first kappa shape index (κ1) is 11.4. The molecule has 4 heteroatoms. The van der Waals surface area contributed by atoms with Crippen LogP contribution in [0.5, 0.6) is 0 Å². The van der Waals surface area contributed by atoms with E-state index in [1.807, 2.05) is 12.1 Å². The molecule has 0 unspecified atom stereocenters. The van der Waals surface area contributed by atoms with Gasteiger partial charge in [-0.05, 0) is 36.4 Å². The zero-order valence-electron chi connectivity index (χ0n) is 8.35. The molecule has 0 aliphatic rings. The van der Waals surface area contributed by atoms with E-state index in [0.29, 0.717) is 0 Å². The number of aldehydes is 1. The Morgan fingerprint density at radius 3 is 2.56 bits per heavy atom. The van der Waals surface area contributed by atoms with Gasteiger partial charge >= 0.3 is 0 Å². The van der Waals surface area contributed by atoms with Crippen LogP contribution in [0.2, 0.25) is 0 Å². The molecule has 1 nitrogen and oxygen atoms in total. The molecule has 0 N–H and O–H groups in total. The van der Waals surface area contributed by atoms with E-state index in [1.165, 1.54) is 23.5 Å². The van der Waals surface area contributed by atoms with Crippen molar-refractivity contribution < 1.29 is 9.18 Å². The van der Waals surface area contributed by atoms with Gasteiger partial charge in [0.05, 0.1) is 4.88 Å². The van der Waals surface area contributed by atoms with Crippen molar-refractivity contribution in [3.05, 3.63) is 52.0 Å². The minimum Gasteiger partial charge on any atom is -0.297 e. The zero-order valence-corrected chi connectivity index (χ0v) is 9.98.